The predicted molar refractivity (Wildman–Crippen MR) is 44.1 cm³/mol. The first kappa shape index (κ1) is 11.4. The van der Waals surface area contributed by atoms with Crippen molar-refractivity contribution in [2.75, 3.05) is 13.7 Å². The molecule has 0 amide bonds. The van der Waals surface area contributed by atoms with Gasteiger partial charge in [0.1, 0.15) is 0 Å². The summed E-state index contributed by atoms with van der Waals surface area (Å²) in [6.07, 6.45) is -0.0957. The summed E-state index contributed by atoms with van der Waals surface area (Å²) in [5.41, 5.74) is 0. The highest BCUT2D eigenvalue weighted by Crippen LogP contribution is 2.02. The van der Waals surface area contributed by atoms with Gasteiger partial charge in [0.2, 0.25) is 0 Å². The molecule has 0 heterocycles. The molecule has 0 aliphatic carbocycles. The summed E-state index contributed by atoms with van der Waals surface area (Å²) in [4.78, 5) is 10.4. The van der Waals surface area contributed by atoms with E-state index in [1.807, 2.05) is 6.92 Å². The maximum absolute atomic E-state index is 10.4. The van der Waals surface area contributed by atoms with Crippen LogP contribution in [-0.4, -0.2) is 37.0 Å². The Hall–Kier alpha value is -0.610. The lowest BCUT2D eigenvalue weighted by Gasteiger charge is -2.15. The van der Waals surface area contributed by atoms with Crippen molar-refractivity contribution in [1.82, 2.24) is 0 Å². The van der Waals surface area contributed by atoms with Crippen LogP contribution in [0.1, 0.15) is 20.3 Å². The van der Waals surface area contributed by atoms with Crippen molar-refractivity contribution in [1.29, 1.82) is 0 Å². The van der Waals surface area contributed by atoms with Crippen molar-refractivity contribution in [3.8, 4) is 0 Å². The molecule has 2 atom stereocenters. The van der Waals surface area contributed by atoms with E-state index in [9.17, 15) is 4.79 Å². The van der Waals surface area contributed by atoms with Gasteiger partial charge in [-0.3, -0.25) is 0 Å². The SMILES string of the molecule is COCCC(C)O[C@H](C)C(=O)O. The van der Waals surface area contributed by atoms with Gasteiger partial charge in [0, 0.05) is 13.7 Å². The minimum Gasteiger partial charge on any atom is -0.479 e. The van der Waals surface area contributed by atoms with Gasteiger partial charge in [-0.25, -0.2) is 4.79 Å². The summed E-state index contributed by atoms with van der Waals surface area (Å²) in [6, 6.07) is 0. The maximum atomic E-state index is 10.4. The summed E-state index contributed by atoms with van der Waals surface area (Å²) in [7, 11) is 1.60. The molecular formula is C8H16O4. The third-order valence-corrected chi connectivity index (χ3v) is 1.51. The minimum absolute atomic E-state index is 0.0731. The molecule has 1 unspecified atom stereocenters. The molecule has 0 fully saturated rings. The van der Waals surface area contributed by atoms with Crippen molar-refractivity contribution in [2.45, 2.75) is 32.5 Å². The second-order valence-corrected chi connectivity index (χ2v) is 2.71. The zero-order chi connectivity index (χ0) is 9.56. The van der Waals surface area contributed by atoms with E-state index in [1.54, 1.807) is 7.11 Å². The number of methoxy groups -OCH3 is 1. The van der Waals surface area contributed by atoms with E-state index >= 15 is 0 Å². The van der Waals surface area contributed by atoms with Crippen molar-refractivity contribution in [3.05, 3.63) is 0 Å². The maximum Gasteiger partial charge on any atom is 0.332 e. The van der Waals surface area contributed by atoms with Crippen LogP contribution in [0.5, 0.6) is 0 Å². The molecule has 0 bridgehead atoms. The van der Waals surface area contributed by atoms with Gasteiger partial charge in [0.25, 0.3) is 0 Å². The first-order chi connectivity index (χ1) is 5.57. The number of hydrogen-bond donors (Lipinski definition) is 1. The Kier molecular flexibility index (Phi) is 5.66. The van der Waals surface area contributed by atoms with Crippen molar-refractivity contribution in [3.63, 3.8) is 0 Å². The molecule has 4 heteroatoms. The highest BCUT2D eigenvalue weighted by molar-refractivity contribution is 5.71. The number of ether oxygens (including phenoxy) is 2. The van der Waals surface area contributed by atoms with Crippen LogP contribution in [-0.2, 0) is 14.3 Å². The molecule has 0 aliphatic rings. The molecule has 0 aromatic heterocycles. The van der Waals surface area contributed by atoms with Crippen LogP contribution >= 0.6 is 0 Å². The van der Waals surface area contributed by atoms with Crippen molar-refractivity contribution < 1.29 is 19.4 Å². The molecule has 72 valence electrons. The van der Waals surface area contributed by atoms with Gasteiger partial charge in [-0.15, -0.1) is 0 Å². The Morgan fingerprint density at radius 1 is 1.50 bits per heavy atom. The number of carboxylic acids is 1. The molecule has 0 spiro atoms. The molecule has 0 aromatic carbocycles. The van der Waals surface area contributed by atoms with Crippen molar-refractivity contribution in [2.24, 2.45) is 0 Å². The summed E-state index contributed by atoms with van der Waals surface area (Å²) in [5.74, 6) is -0.931. The molecule has 0 saturated carbocycles. The van der Waals surface area contributed by atoms with E-state index in [0.717, 1.165) is 0 Å². The Balaban J connectivity index is 3.53. The monoisotopic (exact) mass is 176 g/mol. The van der Waals surface area contributed by atoms with Gasteiger partial charge in [-0.05, 0) is 20.3 Å². The minimum atomic E-state index is -0.931. The summed E-state index contributed by atoms with van der Waals surface area (Å²) >= 11 is 0. The Labute approximate surface area is 72.5 Å². The number of carbonyl (C=O) groups is 1. The Morgan fingerprint density at radius 2 is 2.08 bits per heavy atom. The zero-order valence-electron chi connectivity index (χ0n) is 7.74. The van der Waals surface area contributed by atoms with E-state index in [1.165, 1.54) is 6.92 Å². The Bertz CT molecular complexity index is 135. The molecule has 12 heavy (non-hydrogen) atoms. The molecule has 4 nitrogen and oxygen atoms in total. The third-order valence-electron chi connectivity index (χ3n) is 1.51. The highest BCUT2D eigenvalue weighted by atomic mass is 16.5. The summed E-state index contributed by atoms with van der Waals surface area (Å²) < 4.78 is 9.96. The normalized spacial score (nSPS) is 15.6. The molecule has 0 radical (unpaired) electrons. The predicted octanol–water partition coefficient (Wildman–Crippen LogP) is 0.901. The molecule has 0 aromatic rings. The van der Waals surface area contributed by atoms with Gasteiger partial charge in [0.05, 0.1) is 6.10 Å². The standard InChI is InChI=1S/C8H16O4/c1-6(4-5-11-3)12-7(2)8(9)10/h6-7H,4-5H2,1-3H3,(H,9,10)/t6?,7-/m1/s1. The van der Waals surface area contributed by atoms with E-state index in [0.29, 0.717) is 13.0 Å². The average molecular weight is 176 g/mol. The average Bonchev–Trinajstić information content (AvgIpc) is 2.00. The third kappa shape index (κ3) is 5.09. The summed E-state index contributed by atoms with van der Waals surface area (Å²) in [5, 5.41) is 8.50. The first-order valence-electron chi connectivity index (χ1n) is 3.95. The fourth-order valence-electron chi connectivity index (χ4n) is 0.759. The van der Waals surface area contributed by atoms with Crippen LogP contribution in [0.15, 0.2) is 0 Å². The topological polar surface area (TPSA) is 55.8 Å². The number of carboxylic acid groups (broad SMARTS) is 1. The zero-order valence-corrected chi connectivity index (χ0v) is 7.74. The molecule has 1 N–H and O–H groups in total. The molecule has 0 saturated heterocycles. The van der Waals surface area contributed by atoms with Crippen LogP contribution in [0.2, 0.25) is 0 Å². The second-order valence-electron chi connectivity index (χ2n) is 2.71. The lowest BCUT2D eigenvalue weighted by atomic mass is 10.3. The van der Waals surface area contributed by atoms with Crippen LogP contribution < -0.4 is 0 Å². The van der Waals surface area contributed by atoms with Gasteiger partial charge < -0.3 is 14.6 Å². The van der Waals surface area contributed by atoms with Crippen LogP contribution in [0.3, 0.4) is 0 Å². The van der Waals surface area contributed by atoms with Gasteiger partial charge in [0.15, 0.2) is 6.10 Å². The van der Waals surface area contributed by atoms with Gasteiger partial charge >= 0.3 is 5.97 Å². The molecule has 0 aliphatic heterocycles. The smallest absolute Gasteiger partial charge is 0.332 e. The van der Waals surface area contributed by atoms with Gasteiger partial charge in [-0.1, -0.05) is 0 Å². The Morgan fingerprint density at radius 3 is 2.50 bits per heavy atom. The number of rotatable bonds is 6. The largest absolute Gasteiger partial charge is 0.479 e. The highest BCUT2D eigenvalue weighted by Gasteiger charge is 2.14. The van der Waals surface area contributed by atoms with E-state index in [4.69, 9.17) is 14.6 Å². The fourth-order valence-corrected chi connectivity index (χ4v) is 0.759. The van der Waals surface area contributed by atoms with Gasteiger partial charge in [-0.2, -0.15) is 0 Å². The van der Waals surface area contributed by atoms with Crippen LogP contribution in [0.4, 0.5) is 0 Å². The van der Waals surface area contributed by atoms with Crippen LogP contribution in [0.25, 0.3) is 0 Å². The quantitative estimate of drug-likeness (QED) is 0.653. The van der Waals surface area contributed by atoms with E-state index < -0.39 is 12.1 Å². The number of hydrogen-bond acceptors (Lipinski definition) is 3. The second kappa shape index (κ2) is 5.97. The lowest BCUT2D eigenvalue weighted by Crippen LogP contribution is -2.25. The van der Waals surface area contributed by atoms with E-state index in [2.05, 4.69) is 0 Å². The molecular weight excluding hydrogens is 160 g/mol. The lowest BCUT2D eigenvalue weighted by molar-refractivity contribution is -0.152. The number of aliphatic carboxylic acids is 1. The molecule has 0 rings (SSSR count). The summed E-state index contributed by atoms with van der Waals surface area (Å²) in [6.45, 7) is 3.94. The first-order valence-corrected chi connectivity index (χ1v) is 3.95. The fraction of sp³-hybridized carbons (Fsp3) is 0.875. The van der Waals surface area contributed by atoms with E-state index in [-0.39, 0.29) is 6.10 Å². The van der Waals surface area contributed by atoms with Crippen molar-refractivity contribution >= 4 is 5.97 Å². The van der Waals surface area contributed by atoms with Crippen LogP contribution in [0, 0.1) is 0 Å².